The van der Waals surface area contributed by atoms with Gasteiger partial charge in [-0.05, 0) is 32.7 Å². The molecule has 0 spiro atoms. The molecule has 1 aliphatic heterocycles. The molecule has 0 aliphatic carbocycles. The summed E-state index contributed by atoms with van der Waals surface area (Å²) in [4.78, 5) is 11.7. The van der Waals surface area contributed by atoms with E-state index in [0.29, 0.717) is 6.61 Å². The zero-order valence-electron chi connectivity index (χ0n) is 10.00. The Balaban J connectivity index is 2.19. The molecule has 0 bridgehead atoms. The van der Waals surface area contributed by atoms with Gasteiger partial charge in [0.25, 0.3) is 0 Å². The number of hydrogen-bond acceptors (Lipinski definition) is 3. The van der Waals surface area contributed by atoms with Crippen LogP contribution >= 0.6 is 0 Å². The van der Waals surface area contributed by atoms with Gasteiger partial charge in [0.1, 0.15) is 6.10 Å². The molecule has 92 valence electrons. The van der Waals surface area contributed by atoms with E-state index in [1.807, 2.05) is 0 Å². The van der Waals surface area contributed by atoms with Crippen molar-refractivity contribution in [3.8, 4) is 0 Å². The molecule has 1 amide bonds. The summed E-state index contributed by atoms with van der Waals surface area (Å²) in [7, 11) is 0. The van der Waals surface area contributed by atoms with Crippen LogP contribution in [0.5, 0.6) is 0 Å². The summed E-state index contributed by atoms with van der Waals surface area (Å²) in [5.74, 6) is -0.0160. The van der Waals surface area contributed by atoms with Crippen molar-refractivity contribution in [2.45, 2.75) is 38.3 Å². The number of ether oxygens (including phenoxy) is 1. The van der Waals surface area contributed by atoms with E-state index in [0.717, 1.165) is 32.4 Å². The monoisotopic (exact) mass is 226 g/mol. The van der Waals surface area contributed by atoms with Crippen LogP contribution in [0, 0.1) is 0 Å². The van der Waals surface area contributed by atoms with Gasteiger partial charge in [0, 0.05) is 12.6 Å². The van der Waals surface area contributed by atoms with Gasteiger partial charge in [0.15, 0.2) is 0 Å². The Hall–Kier alpha value is -0.870. The normalized spacial score (nSPS) is 22.4. The van der Waals surface area contributed by atoms with Crippen LogP contribution in [-0.2, 0) is 9.53 Å². The molecule has 1 aliphatic rings. The van der Waals surface area contributed by atoms with Crippen LogP contribution in [0.1, 0.15) is 26.2 Å². The lowest BCUT2D eigenvalue weighted by molar-refractivity contribution is -0.132. The van der Waals surface area contributed by atoms with E-state index in [2.05, 4.69) is 17.2 Å². The second-order valence-electron chi connectivity index (χ2n) is 4.14. The zero-order valence-corrected chi connectivity index (χ0v) is 10.00. The minimum atomic E-state index is -0.373. The van der Waals surface area contributed by atoms with Gasteiger partial charge in [-0.2, -0.15) is 0 Å². The first-order chi connectivity index (χ1) is 7.74. The van der Waals surface area contributed by atoms with Crippen molar-refractivity contribution in [2.75, 3.05) is 19.7 Å². The fourth-order valence-electron chi connectivity index (χ4n) is 1.70. The topological polar surface area (TPSA) is 50.4 Å². The highest BCUT2D eigenvalue weighted by molar-refractivity contribution is 5.80. The molecule has 0 aromatic rings. The Morgan fingerprint density at radius 2 is 2.56 bits per heavy atom. The largest absolute Gasteiger partial charge is 0.368 e. The van der Waals surface area contributed by atoms with Crippen molar-refractivity contribution in [1.82, 2.24) is 10.6 Å². The minimum absolute atomic E-state index is 0.0160. The number of amides is 1. The van der Waals surface area contributed by atoms with E-state index in [9.17, 15) is 4.79 Å². The highest BCUT2D eigenvalue weighted by atomic mass is 16.5. The smallest absolute Gasteiger partial charge is 0.249 e. The van der Waals surface area contributed by atoms with Crippen molar-refractivity contribution in [1.29, 1.82) is 0 Å². The first-order valence-electron chi connectivity index (χ1n) is 5.97. The van der Waals surface area contributed by atoms with Crippen molar-refractivity contribution in [3.63, 3.8) is 0 Å². The maximum atomic E-state index is 11.7. The standard InChI is InChI=1S/C12H22N2O2/c1-3-4-8-16-10(2)12(15)14-11-6-5-7-13-9-11/h3,10-11,13H,1,4-9H2,2H3,(H,14,15)/t10?,11-/m0/s1. The van der Waals surface area contributed by atoms with E-state index in [4.69, 9.17) is 4.74 Å². The van der Waals surface area contributed by atoms with Gasteiger partial charge in [0.05, 0.1) is 6.61 Å². The van der Waals surface area contributed by atoms with Crippen LogP contribution in [0.3, 0.4) is 0 Å². The fraction of sp³-hybridized carbons (Fsp3) is 0.750. The van der Waals surface area contributed by atoms with E-state index < -0.39 is 0 Å². The predicted molar refractivity (Wildman–Crippen MR) is 64.3 cm³/mol. The lowest BCUT2D eigenvalue weighted by atomic mass is 10.1. The Morgan fingerprint density at radius 3 is 3.19 bits per heavy atom. The quantitative estimate of drug-likeness (QED) is 0.521. The number of nitrogens with one attached hydrogen (secondary N) is 2. The summed E-state index contributed by atoms with van der Waals surface area (Å²) in [5, 5.41) is 6.26. The van der Waals surface area contributed by atoms with Crippen LogP contribution in [0.2, 0.25) is 0 Å². The Labute approximate surface area is 97.4 Å². The van der Waals surface area contributed by atoms with Gasteiger partial charge in [-0.15, -0.1) is 6.58 Å². The lowest BCUT2D eigenvalue weighted by Crippen LogP contribution is -2.48. The molecule has 1 rings (SSSR count). The molecular weight excluding hydrogens is 204 g/mol. The first kappa shape index (κ1) is 13.2. The maximum Gasteiger partial charge on any atom is 0.249 e. The van der Waals surface area contributed by atoms with Crippen LogP contribution in [0.15, 0.2) is 12.7 Å². The van der Waals surface area contributed by atoms with Gasteiger partial charge in [0.2, 0.25) is 5.91 Å². The molecule has 0 radical (unpaired) electrons. The van der Waals surface area contributed by atoms with Gasteiger partial charge in [-0.3, -0.25) is 4.79 Å². The molecule has 0 saturated carbocycles. The van der Waals surface area contributed by atoms with Crippen LogP contribution < -0.4 is 10.6 Å². The summed E-state index contributed by atoms with van der Waals surface area (Å²) in [6.45, 7) is 7.87. The Bertz CT molecular complexity index is 225. The number of carbonyl (C=O) groups excluding carboxylic acids is 1. The summed E-state index contributed by atoms with van der Waals surface area (Å²) in [6, 6.07) is 0.256. The van der Waals surface area contributed by atoms with Gasteiger partial charge >= 0.3 is 0 Å². The molecule has 16 heavy (non-hydrogen) atoms. The third kappa shape index (κ3) is 4.77. The third-order valence-corrected chi connectivity index (χ3v) is 2.70. The molecule has 1 unspecified atom stereocenters. The maximum absolute atomic E-state index is 11.7. The van der Waals surface area contributed by atoms with Crippen LogP contribution in [0.4, 0.5) is 0 Å². The van der Waals surface area contributed by atoms with Gasteiger partial charge in [-0.25, -0.2) is 0 Å². The zero-order chi connectivity index (χ0) is 11.8. The second kappa shape index (κ2) is 7.41. The molecule has 4 heteroatoms. The minimum Gasteiger partial charge on any atom is -0.368 e. The van der Waals surface area contributed by atoms with Crippen LogP contribution in [0.25, 0.3) is 0 Å². The van der Waals surface area contributed by atoms with E-state index in [-0.39, 0.29) is 18.1 Å². The number of rotatable bonds is 6. The molecule has 1 fully saturated rings. The number of carbonyl (C=O) groups is 1. The average Bonchev–Trinajstić information content (AvgIpc) is 2.30. The molecule has 2 atom stereocenters. The van der Waals surface area contributed by atoms with Crippen molar-refractivity contribution < 1.29 is 9.53 Å². The molecule has 1 saturated heterocycles. The van der Waals surface area contributed by atoms with E-state index in [1.165, 1.54) is 0 Å². The second-order valence-corrected chi connectivity index (χ2v) is 4.14. The van der Waals surface area contributed by atoms with E-state index in [1.54, 1.807) is 13.0 Å². The summed E-state index contributed by atoms with van der Waals surface area (Å²) in [6.07, 6.45) is 4.37. The molecule has 0 aromatic heterocycles. The molecule has 1 heterocycles. The first-order valence-corrected chi connectivity index (χ1v) is 5.97. The van der Waals surface area contributed by atoms with Crippen molar-refractivity contribution in [3.05, 3.63) is 12.7 Å². The highest BCUT2D eigenvalue weighted by Gasteiger charge is 2.19. The molecule has 0 aromatic carbocycles. The summed E-state index contributed by atoms with van der Waals surface area (Å²) in [5.41, 5.74) is 0. The van der Waals surface area contributed by atoms with Crippen molar-refractivity contribution >= 4 is 5.91 Å². The third-order valence-electron chi connectivity index (χ3n) is 2.70. The van der Waals surface area contributed by atoms with Gasteiger partial charge < -0.3 is 15.4 Å². The van der Waals surface area contributed by atoms with Crippen LogP contribution in [-0.4, -0.2) is 37.7 Å². The summed E-state index contributed by atoms with van der Waals surface area (Å²) < 4.78 is 5.38. The van der Waals surface area contributed by atoms with Gasteiger partial charge in [-0.1, -0.05) is 6.08 Å². The van der Waals surface area contributed by atoms with E-state index >= 15 is 0 Å². The Kier molecular flexibility index (Phi) is 6.11. The summed E-state index contributed by atoms with van der Waals surface area (Å²) >= 11 is 0. The molecule has 4 nitrogen and oxygen atoms in total. The predicted octanol–water partition coefficient (Wildman–Crippen LogP) is 0.836. The number of piperidine rings is 1. The molecular formula is C12H22N2O2. The van der Waals surface area contributed by atoms with Crippen molar-refractivity contribution in [2.24, 2.45) is 0 Å². The number of hydrogen-bond donors (Lipinski definition) is 2. The SMILES string of the molecule is C=CCCOC(C)C(=O)N[C@H]1CCCNC1. The Morgan fingerprint density at radius 1 is 1.75 bits per heavy atom. The fourth-order valence-corrected chi connectivity index (χ4v) is 1.70. The highest BCUT2D eigenvalue weighted by Crippen LogP contribution is 2.02. The lowest BCUT2D eigenvalue weighted by Gasteiger charge is -2.25. The average molecular weight is 226 g/mol. The molecule has 2 N–H and O–H groups in total.